The van der Waals surface area contributed by atoms with Gasteiger partial charge in [-0.25, -0.2) is 0 Å². The van der Waals surface area contributed by atoms with E-state index in [1.54, 1.807) is 0 Å². The fourth-order valence-corrected chi connectivity index (χ4v) is 3.16. The summed E-state index contributed by atoms with van der Waals surface area (Å²) in [5, 5.41) is 0.789. The third-order valence-electron chi connectivity index (χ3n) is 4.00. The Bertz CT molecular complexity index is 451. The Labute approximate surface area is 136 Å². The minimum atomic E-state index is -0.102. The molecule has 0 N–H and O–H groups in total. The summed E-state index contributed by atoms with van der Waals surface area (Å²) in [7, 11) is 0. The van der Waals surface area contributed by atoms with Gasteiger partial charge in [-0.05, 0) is 18.9 Å². The van der Waals surface area contributed by atoms with Crippen molar-refractivity contribution < 1.29 is 9.47 Å². The number of aromatic nitrogens is 1. The fraction of sp³-hybridized carbons (Fsp3) is 0.706. The molecule has 0 fully saturated rings. The molecule has 118 valence electrons. The molecular formula is C17H26BrNO2. The van der Waals surface area contributed by atoms with Gasteiger partial charge < -0.3 is 9.47 Å². The van der Waals surface area contributed by atoms with E-state index in [-0.39, 0.29) is 6.29 Å². The van der Waals surface area contributed by atoms with Crippen LogP contribution in [0.15, 0.2) is 6.20 Å². The SMILES string of the molecule is CCCCCCCCC1OCc2c(CBr)cnc(C)c2O1. The standard InChI is InChI=1S/C17H26BrNO2/c1-3-4-5-6-7-8-9-16-20-12-15-14(10-18)11-19-13(2)17(15)21-16/h11,16H,3-10,12H2,1-2H3. The lowest BCUT2D eigenvalue weighted by molar-refractivity contribution is -0.113. The minimum Gasteiger partial charge on any atom is -0.463 e. The molecule has 0 amide bonds. The zero-order valence-electron chi connectivity index (χ0n) is 13.2. The van der Waals surface area contributed by atoms with Gasteiger partial charge in [0.15, 0.2) is 6.29 Å². The Balaban J connectivity index is 1.82. The van der Waals surface area contributed by atoms with Crippen LogP contribution < -0.4 is 4.74 Å². The number of hydrogen-bond donors (Lipinski definition) is 0. The van der Waals surface area contributed by atoms with Crippen molar-refractivity contribution in [2.45, 2.75) is 77.0 Å². The van der Waals surface area contributed by atoms with Gasteiger partial charge in [-0.2, -0.15) is 0 Å². The van der Waals surface area contributed by atoms with Gasteiger partial charge in [-0.15, -0.1) is 0 Å². The summed E-state index contributed by atoms with van der Waals surface area (Å²) >= 11 is 3.50. The van der Waals surface area contributed by atoms with Crippen LogP contribution in [0.1, 0.15) is 68.7 Å². The van der Waals surface area contributed by atoms with Crippen molar-refractivity contribution in [3.05, 3.63) is 23.0 Å². The minimum absolute atomic E-state index is 0.102. The molecule has 0 saturated carbocycles. The highest BCUT2D eigenvalue weighted by Gasteiger charge is 2.24. The number of fused-ring (bicyclic) bond motifs is 1. The first-order valence-electron chi connectivity index (χ1n) is 8.07. The van der Waals surface area contributed by atoms with Crippen LogP contribution in [0.3, 0.4) is 0 Å². The van der Waals surface area contributed by atoms with E-state index >= 15 is 0 Å². The van der Waals surface area contributed by atoms with E-state index in [2.05, 4.69) is 27.8 Å². The number of rotatable bonds is 8. The zero-order valence-corrected chi connectivity index (χ0v) is 14.7. The van der Waals surface area contributed by atoms with Crippen LogP contribution in [0.25, 0.3) is 0 Å². The fourth-order valence-electron chi connectivity index (χ4n) is 2.68. The second-order valence-corrected chi connectivity index (χ2v) is 6.29. The predicted molar refractivity (Wildman–Crippen MR) is 88.8 cm³/mol. The second kappa shape index (κ2) is 8.74. The van der Waals surface area contributed by atoms with Gasteiger partial charge in [-0.3, -0.25) is 4.98 Å². The van der Waals surface area contributed by atoms with E-state index in [0.29, 0.717) is 6.61 Å². The van der Waals surface area contributed by atoms with E-state index < -0.39 is 0 Å². The van der Waals surface area contributed by atoms with Crippen LogP contribution in [0.5, 0.6) is 5.75 Å². The molecule has 1 unspecified atom stereocenters. The van der Waals surface area contributed by atoms with Gasteiger partial charge in [0, 0.05) is 23.5 Å². The molecule has 2 heterocycles. The van der Waals surface area contributed by atoms with Gasteiger partial charge in [0.1, 0.15) is 5.75 Å². The Hall–Kier alpha value is -0.610. The van der Waals surface area contributed by atoms with E-state index in [9.17, 15) is 0 Å². The molecule has 0 aromatic carbocycles. The highest BCUT2D eigenvalue weighted by Crippen LogP contribution is 2.33. The molecule has 0 spiro atoms. The van der Waals surface area contributed by atoms with Crippen molar-refractivity contribution in [3.63, 3.8) is 0 Å². The summed E-state index contributed by atoms with van der Waals surface area (Å²) in [4.78, 5) is 4.42. The van der Waals surface area contributed by atoms with Crippen LogP contribution in [-0.4, -0.2) is 11.3 Å². The summed E-state index contributed by atoms with van der Waals surface area (Å²) in [6.45, 7) is 4.89. The van der Waals surface area contributed by atoms with Gasteiger partial charge in [0.25, 0.3) is 0 Å². The van der Waals surface area contributed by atoms with E-state index in [4.69, 9.17) is 9.47 Å². The van der Waals surface area contributed by atoms with Crippen LogP contribution >= 0.6 is 15.9 Å². The van der Waals surface area contributed by atoms with E-state index in [1.807, 2.05) is 13.1 Å². The number of nitrogens with zero attached hydrogens (tertiary/aromatic N) is 1. The summed E-state index contributed by atoms with van der Waals surface area (Å²) < 4.78 is 11.9. The quantitative estimate of drug-likeness (QED) is 0.470. The number of aryl methyl sites for hydroxylation is 1. The van der Waals surface area contributed by atoms with Crippen LogP contribution in [-0.2, 0) is 16.7 Å². The number of pyridine rings is 1. The molecule has 1 aromatic rings. The van der Waals surface area contributed by atoms with Crippen molar-refractivity contribution in [2.75, 3.05) is 0 Å². The highest BCUT2D eigenvalue weighted by atomic mass is 79.9. The molecule has 21 heavy (non-hydrogen) atoms. The summed E-state index contributed by atoms with van der Waals surface area (Å²) in [6, 6.07) is 0. The lowest BCUT2D eigenvalue weighted by atomic mass is 10.1. The van der Waals surface area contributed by atoms with Crippen molar-refractivity contribution in [1.82, 2.24) is 4.98 Å². The largest absolute Gasteiger partial charge is 0.463 e. The first kappa shape index (κ1) is 16.8. The Morgan fingerprint density at radius 2 is 2.00 bits per heavy atom. The maximum Gasteiger partial charge on any atom is 0.200 e. The van der Waals surface area contributed by atoms with E-state index in [1.165, 1.54) is 38.5 Å². The van der Waals surface area contributed by atoms with Crippen molar-refractivity contribution in [3.8, 4) is 5.75 Å². The Kier molecular flexibility index (Phi) is 6.97. The topological polar surface area (TPSA) is 31.4 Å². The molecule has 1 aliphatic heterocycles. The van der Waals surface area contributed by atoms with Gasteiger partial charge in [0.05, 0.1) is 12.3 Å². The zero-order chi connectivity index (χ0) is 15.1. The summed E-state index contributed by atoms with van der Waals surface area (Å²) in [6.07, 6.45) is 10.6. The molecule has 4 heteroatoms. The molecular weight excluding hydrogens is 330 g/mol. The maximum absolute atomic E-state index is 6.03. The summed E-state index contributed by atoms with van der Waals surface area (Å²) in [5.74, 6) is 0.939. The third-order valence-corrected chi connectivity index (χ3v) is 4.61. The highest BCUT2D eigenvalue weighted by molar-refractivity contribution is 9.08. The van der Waals surface area contributed by atoms with Crippen LogP contribution in [0.2, 0.25) is 0 Å². The van der Waals surface area contributed by atoms with E-state index in [0.717, 1.165) is 34.3 Å². The molecule has 0 radical (unpaired) electrons. The van der Waals surface area contributed by atoms with Gasteiger partial charge >= 0.3 is 0 Å². The molecule has 1 aromatic heterocycles. The van der Waals surface area contributed by atoms with Crippen LogP contribution in [0, 0.1) is 6.92 Å². The third kappa shape index (κ3) is 4.68. The summed E-state index contributed by atoms with van der Waals surface area (Å²) in [5.41, 5.74) is 3.28. The Morgan fingerprint density at radius 3 is 2.76 bits per heavy atom. The maximum atomic E-state index is 6.03. The first-order chi connectivity index (χ1) is 10.3. The molecule has 3 nitrogen and oxygen atoms in total. The monoisotopic (exact) mass is 355 g/mol. The molecule has 2 rings (SSSR count). The van der Waals surface area contributed by atoms with Gasteiger partial charge in [-0.1, -0.05) is 55.0 Å². The van der Waals surface area contributed by atoms with Crippen molar-refractivity contribution >= 4 is 15.9 Å². The number of hydrogen-bond acceptors (Lipinski definition) is 3. The smallest absolute Gasteiger partial charge is 0.200 e. The molecule has 0 bridgehead atoms. The molecule has 0 saturated heterocycles. The number of halogens is 1. The number of unbranched alkanes of at least 4 members (excludes halogenated alkanes) is 5. The Morgan fingerprint density at radius 1 is 1.24 bits per heavy atom. The lowest BCUT2D eigenvalue weighted by Gasteiger charge is -2.28. The van der Waals surface area contributed by atoms with Gasteiger partial charge in [0.2, 0.25) is 0 Å². The number of ether oxygens (including phenoxy) is 2. The second-order valence-electron chi connectivity index (χ2n) is 5.73. The number of alkyl halides is 1. The first-order valence-corrected chi connectivity index (χ1v) is 9.20. The average molecular weight is 356 g/mol. The van der Waals surface area contributed by atoms with Crippen molar-refractivity contribution in [1.29, 1.82) is 0 Å². The molecule has 1 atom stereocenters. The average Bonchev–Trinajstić information content (AvgIpc) is 2.51. The van der Waals surface area contributed by atoms with Crippen LogP contribution in [0.4, 0.5) is 0 Å². The molecule has 0 aliphatic carbocycles. The normalized spacial score (nSPS) is 17.4. The van der Waals surface area contributed by atoms with Crippen molar-refractivity contribution in [2.24, 2.45) is 0 Å². The molecule has 1 aliphatic rings. The lowest BCUT2D eigenvalue weighted by Crippen LogP contribution is -2.27. The predicted octanol–water partition coefficient (Wildman–Crippen LogP) is 5.27.